The van der Waals surface area contributed by atoms with E-state index in [2.05, 4.69) is 15.9 Å². The van der Waals surface area contributed by atoms with Crippen LogP contribution in [0.1, 0.15) is 24.0 Å². The number of hydrogen-bond acceptors (Lipinski definition) is 3. The van der Waals surface area contributed by atoms with Crippen molar-refractivity contribution in [2.75, 3.05) is 13.1 Å². The second kappa shape index (κ2) is 8.83. The molecule has 0 atom stereocenters. The molecule has 2 aromatic rings. The van der Waals surface area contributed by atoms with Crippen LogP contribution in [-0.4, -0.2) is 23.9 Å². The molecule has 6 heteroatoms. The summed E-state index contributed by atoms with van der Waals surface area (Å²) in [7, 11) is 0. The summed E-state index contributed by atoms with van der Waals surface area (Å²) in [5.74, 6) is -0.132. The number of halogens is 2. The lowest BCUT2D eigenvalue weighted by Crippen LogP contribution is -2.28. The fourth-order valence-electron chi connectivity index (χ4n) is 2.92. The van der Waals surface area contributed by atoms with Gasteiger partial charge in [-0.3, -0.25) is 4.79 Å². The van der Waals surface area contributed by atoms with E-state index in [4.69, 9.17) is 4.74 Å². The molecule has 0 saturated carbocycles. The van der Waals surface area contributed by atoms with Gasteiger partial charge in [0.25, 0.3) is 5.91 Å². The number of benzene rings is 2. The SMILES string of the molecule is N#C/C(=C\c1cc(Br)ccc1OCc1ccccc1F)C(=O)N1CCCC1. The first kappa shape index (κ1) is 19.1. The second-order valence-corrected chi connectivity index (χ2v) is 7.15. The highest BCUT2D eigenvalue weighted by Crippen LogP contribution is 2.27. The third-order valence-electron chi connectivity index (χ3n) is 4.36. The molecule has 1 heterocycles. The maximum Gasteiger partial charge on any atom is 0.264 e. The van der Waals surface area contributed by atoms with Gasteiger partial charge in [0.15, 0.2) is 0 Å². The lowest BCUT2D eigenvalue weighted by Gasteiger charge is -2.15. The first-order valence-corrected chi connectivity index (χ1v) is 9.44. The molecule has 0 unspecified atom stereocenters. The Labute approximate surface area is 166 Å². The van der Waals surface area contributed by atoms with Crippen molar-refractivity contribution in [1.29, 1.82) is 5.26 Å². The molecule has 0 radical (unpaired) electrons. The number of nitriles is 1. The van der Waals surface area contributed by atoms with E-state index in [9.17, 15) is 14.4 Å². The maximum absolute atomic E-state index is 13.8. The Kier molecular flexibility index (Phi) is 6.25. The van der Waals surface area contributed by atoms with E-state index >= 15 is 0 Å². The molecule has 138 valence electrons. The van der Waals surface area contributed by atoms with Crippen LogP contribution in [-0.2, 0) is 11.4 Å². The van der Waals surface area contributed by atoms with Crippen LogP contribution in [0.25, 0.3) is 6.08 Å². The summed E-state index contributed by atoms with van der Waals surface area (Å²) in [4.78, 5) is 14.2. The van der Waals surface area contributed by atoms with Crippen LogP contribution < -0.4 is 4.74 Å². The molecule has 0 bridgehead atoms. The van der Waals surface area contributed by atoms with E-state index in [-0.39, 0.29) is 23.9 Å². The highest BCUT2D eigenvalue weighted by molar-refractivity contribution is 9.10. The Balaban J connectivity index is 1.85. The summed E-state index contributed by atoms with van der Waals surface area (Å²) < 4.78 is 20.4. The molecule has 1 aliphatic heterocycles. The molecular weight excluding hydrogens is 411 g/mol. The summed E-state index contributed by atoms with van der Waals surface area (Å²) >= 11 is 3.40. The lowest BCUT2D eigenvalue weighted by molar-refractivity contribution is -0.125. The minimum absolute atomic E-state index is 0.0527. The van der Waals surface area contributed by atoms with Gasteiger partial charge >= 0.3 is 0 Å². The van der Waals surface area contributed by atoms with Gasteiger partial charge in [-0.05, 0) is 43.2 Å². The highest BCUT2D eigenvalue weighted by atomic mass is 79.9. The molecule has 0 aliphatic carbocycles. The Morgan fingerprint density at radius 1 is 1.26 bits per heavy atom. The molecule has 27 heavy (non-hydrogen) atoms. The molecule has 4 nitrogen and oxygen atoms in total. The number of ether oxygens (including phenoxy) is 1. The summed E-state index contributed by atoms with van der Waals surface area (Å²) in [5, 5.41) is 9.45. The van der Waals surface area contributed by atoms with Gasteiger partial charge < -0.3 is 9.64 Å². The van der Waals surface area contributed by atoms with Crippen LogP contribution in [0.5, 0.6) is 5.75 Å². The van der Waals surface area contributed by atoms with E-state index < -0.39 is 0 Å². The summed E-state index contributed by atoms with van der Waals surface area (Å²) in [5.41, 5.74) is 1.08. The quantitative estimate of drug-likeness (QED) is 0.512. The van der Waals surface area contributed by atoms with Crippen molar-refractivity contribution in [3.05, 3.63) is 69.5 Å². The van der Waals surface area contributed by atoms with Crippen LogP contribution in [0.15, 0.2) is 52.5 Å². The van der Waals surface area contributed by atoms with Crippen molar-refractivity contribution in [3.8, 4) is 11.8 Å². The van der Waals surface area contributed by atoms with Gasteiger partial charge in [0.1, 0.15) is 29.8 Å². The number of likely N-dealkylation sites (tertiary alicyclic amines) is 1. The van der Waals surface area contributed by atoms with Crippen molar-refractivity contribution in [2.45, 2.75) is 19.4 Å². The fourth-order valence-corrected chi connectivity index (χ4v) is 3.30. The van der Waals surface area contributed by atoms with E-state index in [1.54, 1.807) is 41.3 Å². The van der Waals surface area contributed by atoms with Crippen molar-refractivity contribution in [2.24, 2.45) is 0 Å². The molecule has 1 saturated heterocycles. The van der Waals surface area contributed by atoms with Crippen LogP contribution >= 0.6 is 15.9 Å². The highest BCUT2D eigenvalue weighted by Gasteiger charge is 2.22. The van der Waals surface area contributed by atoms with Crippen molar-refractivity contribution >= 4 is 27.9 Å². The zero-order valence-electron chi connectivity index (χ0n) is 14.6. The average Bonchev–Trinajstić information content (AvgIpc) is 3.21. The van der Waals surface area contributed by atoms with Crippen molar-refractivity contribution in [1.82, 2.24) is 4.90 Å². The number of carbonyl (C=O) groups is 1. The van der Waals surface area contributed by atoms with E-state index in [1.165, 1.54) is 12.1 Å². The van der Waals surface area contributed by atoms with Gasteiger partial charge in [-0.2, -0.15) is 5.26 Å². The molecule has 0 aromatic heterocycles. The monoisotopic (exact) mass is 428 g/mol. The summed E-state index contributed by atoms with van der Waals surface area (Å²) in [6, 6.07) is 13.7. The number of carbonyl (C=O) groups excluding carboxylic acids is 1. The summed E-state index contributed by atoms with van der Waals surface area (Å²) in [6.07, 6.45) is 3.44. The fraction of sp³-hybridized carbons (Fsp3) is 0.238. The van der Waals surface area contributed by atoms with Gasteiger partial charge in [-0.1, -0.05) is 34.1 Å². The van der Waals surface area contributed by atoms with E-state index in [0.717, 1.165) is 17.3 Å². The third kappa shape index (κ3) is 4.75. The predicted octanol–water partition coefficient (Wildman–Crippen LogP) is 4.70. The zero-order valence-corrected chi connectivity index (χ0v) is 16.2. The van der Waals surface area contributed by atoms with Crippen molar-refractivity contribution < 1.29 is 13.9 Å². The van der Waals surface area contributed by atoms with Crippen molar-refractivity contribution in [3.63, 3.8) is 0 Å². The van der Waals surface area contributed by atoms with Crippen LogP contribution in [0.4, 0.5) is 4.39 Å². The minimum atomic E-state index is -0.339. The standard InChI is InChI=1S/C21H18BrFN2O2/c22-18-7-8-20(27-14-15-5-1-2-6-19(15)23)16(12-18)11-17(13-24)21(26)25-9-3-4-10-25/h1-2,5-8,11-12H,3-4,9-10,14H2/b17-11+. The molecule has 0 spiro atoms. The molecule has 0 N–H and O–H groups in total. The zero-order chi connectivity index (χ0) is 19.2. The van der Waals surface area contributed by atoms with E-state index in [1.807, 2.05) is 6.07 Å². The van der Waals surface area contributed by atoms with Crippen LogP contribution in [0.3, 0.4) is 0 Å². The molecular formula is C21H18BrFN2O2. The van der Waals surface area contributed by atoms with Crippen LogP contribution in [0, 0.1) is 17.1 Å². The smallest absolute Gasteiger partial charge is 0.264 e. The third-order valence-corrected chi connectivity index (χ3v) is 4.85. The largest absolute Gasteiger partial charge is 0.488 e. The Morgan fingerprint density at radius 3 is 2.70 bits per heavy atom. The Bertz CT molecular complexity index is 915. The molecule has 1 fully saturated rings. The number of nitrogens with zero attached hydrogens (tertiary/aromatic N) is 2. The van der Waals surface area contributed by atoms with Gasteiger partial charge in [-0.15, -0.1) is 0 Å². The Morgan fingerprint density at radius 2 is 2.00 bits per heavy atom. The summed E-state index contributed by atoms with van der Waals surface area (Å²) in [6.45, 7) is 1.40. The second-order valence-electron chi connectivity index (χ2n) is 6.23. The molecule has 1 aliphatic rings. The van der Waals surface area contributed by atoms with Gasteiger partial charge in [0.05, 0.1) is 0 Å². The van der Waals surface area contributed by atoms with Gasteiger partial charge in [0.2, 0.25) is 0 Å². The number of rotatable bonds is 5. The van der Waals surface area contributed by atoms with Gasteiger partial charge in [0, 0.05) is 28.7 Å². The maximum atomic E-state index is 13.8. The Hall–Kier alpha value is -2.65. The predicted molar refractivity (Wildman–Crippen MR) is 104 cm³/mol. The average molecular weight is 429 g/mol. The molecule has 2 aromatic carbocycles. The lowest BCUT2D eigenvalue weighted by atomic mass is 10.1. The topological polar surface area (TPSA) is 53.3 Å². The molecule has 3 rings (SSSR count). The molecule has 1 amide bonds. The number of amides is 1. The van der Waals surface area contributed by atoms with E-state index in [0.29, 0.717) is 30.0 Å². The van der Waals surface area contributed by atoms with Crippen LogP contribution in [0.2, 0.25) is 0 Å². The minimum Gasteiger partial charge on any atom is -0.488 e. The number of hydrogen-bond donors (Lipinski definition) is 0. The van der Waals surface area contributed by atoms with Gasteiger partial charge in [-0.25, -0.2) is 4.39 Å². The normalized spacial score (nSPS) is 14.1. The first-order chi connectivity index (χ1) is 13.1. The first-order valence-electron chi connectivity index (χ1n) is 8.65.